The molecule has 7 heteroatoms. The summed E-state index contributed by atoms with van der Waals surface area (Å²) in [4.78, 5) is 42.0. The van der Waals surface area contributed by atoms with Gasteiger partial charge >= 0.3 is 0 Å². The van der Waals surface area contributed by atoms with E-state index >= 15 is 0 Å². The number of nitrogens with one attached hydrogen (secondary N) is 1. The first-order valence-electron chi connectivity index (χ1n) is 10.7. The first-order chi connectivity index (χ1) is 14.4. The van der Waals surface area contributed by atoms with Gasteiger partial charge in [-0.2, -0.15) is 0 Å². The fourth-order valence-corrected chi connectivity index (χ4v) is 5.31. The Morgan fingerprint density at radius 2 is 2.07 bits per heavy atom. The van der Waals surface area contributed by atoms with Crippen LogP contribution in [0.2, 0.25) is 0 Å². The van der Waals surface area contributed by atoms with Crippen molar-refractivity contribution in [2.24, 2.45) is 11.8 Å². The van der Waals surface area contributed by atoms with E-state index < -0.39 is 17.4 Å². The summed E-state index contributed by atoms with van der Waals surface area (Å²) >= 11 is 0. The number of aryl methyl sites for hydroxylation is 2. The maximum absolute atomic E-state index is 13.4. The Labute approximate surface area is 176 Å². The average Bonchev–Trinajstić information content (AvgIpc) is 3.28. The molecular formula is C23H27N3O4. The van der Waals surface area contributed by atoms with Crippen LogP contribution in [0, 0.1) is 25.7 Å². The molecule has 30 heavy (non-hydrogen) atoms. The van der Waals surface area contributed by atoms with Crippen LogP contribution in [0.1, 0.15) is 23.1 Å². The lowest BCUT2D eigenvalue weighted by Gasteiger charge is -2.29. The molecule has 5 rings (SSSR count). The molecule has 3 amide bonds. The fraction of sp³-hybridized carbons (Fsp3) is 0.522. The molecule has 3 saturated heterocycles. The summed E-state index contributed by atoms with van der Waals surface area (Å²) < 4.78 is 6.24. The number of hydrogen-bond acceptors (Lipinski definition) is 4. The maximum atomic E-state index is 13.4. The van der Waals surface area contributed by atoms with Gasteiger partial charge in [0.1, 0.15) is 5.60 Å². The van der Waals surface area contributed by atoms with Crippen LogP contribution in [0.3, 0.4) is 0 Å². The van der Waals surface area contributed by atoms with Gasteiger partial charge in [0.25, 0.3) is 0 Å². The minimum Gasteiger partial charge on any atom is -0.360 e. The van der Waals surface area contributed by atoms with Gasteiger partial charge in [0.05, 0.1) is 24.5 Å². The van der Waals surface area contributed by atoms with Crippen molar-refractivity contribution in [2.75, 3.05) is 26.2 Å². The van der Waals surface area contributed by atoms with Gasteiger partial charge in [-0.3, -0.25) is 14.4 Å². The van der Waals surface area contributed by atoms with E-state index in [2.05, 4.69) is 37.4 Å². The Hall–Kier alpha value is -2.67. The predicted octanol–water partition coefficient (Wildman–Crippen LogP) is 0.934. The molecule has 158 valence electrons. The topological polar surface area (TPSA) is 79.0 Å². The number of nitrogens with zero attached hydrogens (tertiary/aromatic N) is 2. The summed E-state index contributed by atoms with van der Waals surface area (Å²) in [5, 5.41) is 2.80. The third kappa shape index (κ3) is 2.95. The Balaban J connectivity index is 1.37. The molecular weight excluding hydrogens is 382 g/mol. The summed E-state index contributed by atoms with van der Waals surface area (Å²) in [6.07, 6.45) is 3.86. The first-order valence-corrected chi connectivity index (χ1v) is 10.7. The van der Waals surface area contributed by atoms with E-state index in [0.29, 0.717) is 39.1 Å². The summed E-state index contributed by atoms with van der Waals surface area (Å²) in [5.41, 5.74) is 2.80. The minimum atomic E-state index is -0.707. The van der Waals surface area contributed by atoms with E-state index in [0.717, 1.165) is 5.56 Å². The van der Waals surface area contributed by atoms with Crippen LogP contribution in [-0.4, -0.2) is 65.4 Å². The maximum Gasteiger partial charge on any atom is 0.230 e. The van der Waals surface area contributed by atoms with Crippen molar-refractivity contribution in [2.45, 2.75) is 38.5 Å². The first kappa shape index (κ1) is 19.3. The summed E-state index contributed by atoms with van der Waals surface area (Å²) in [5.74, 6) is -1.13. The standard InChI is InChI=1S/C23H27N3O4/c1-14-3-4-16(11-15(14)2)12-26-13-23-7-5-17(30-23)19(20(23)22(26)29)21(28)25-9-6-18(27)24-8-10-25/h3-5,7,11,17,19-20H,6,8-10,12-13H2,1-2H3,(H,24,27)/t17-,19+,20+,23-/m0/s1. The van der Waals surface area contributed by atoms with Gasteiger partial charge in [-0.05, 0) is 30.5 Å². The van der Waals surface area contributed by atoms with Gasteiger partial charge in [-0.15, -0.1) is 0 Å². The van der Waals surface area contributed by atoms with E-state index in [4.69, 9.17) is 4.74 Å². The van der Waals surface area contributed by atoms with Crippen LogP contribution in [-0.2, 0) is 25.7 Å². The number of rotatable bonds is 3. The molecule has 4 heterocycles. The van der Waals surface area contributed by atoms with Gasteiger partial charge < -0.3 is 19.9 Å². The third-order valence-corrected chi connectivity index (χ3v) is 7.03. The van der Waals surface area contributed by atoms with E-state index in [1.165, 1.54) is 11.1 Å². The summed E-state index contributed by atoms with van der Waals surface area (Å²) in [6, 6.07) is 6.25. The molecule has 0 radical (unpaired) electrons. The van der Waals surface area contributed by atoms with E-state index in [9.17, 15) is 14.4 Å². The lowest BCUT2D eigenvalue weighted by atomic mass is 9.76. The largest absolute Gasteiger partial charge is 0.360 e. The van der Waals surface area contributed by atoms with E-state index in [1.54, 1.807) is 4.90 Å². The van der Waals surface area contributed by atoms with Crippen molar-refractivity contribution >= 4 is 17.7 Å². The Kier molecular flexibility index (Phi) is 4.47. The number of benzene rings is 1. The molecule has 0 unspecified atom stereocenters. The number of fused-ring (bicyclic) bond motifs is 1. The lowest BCUT2D eigenvalue weighted by Crippen LogP contribution is -2.47. The molecule has 1 aromatic carbocycles. The summed E-state index contributed by atoms with van der Waals surface area (Å²) in [6.45, 7) is 6.43. The molecule has 0 saturated carbocycles. The van der Waals surface area contributed by atoms with Crippen LogP contribution in [0.5, 0.6) is 0 Å². The van der Waals surface area contributed by atoms with Gasteiger partial charge in [0.15, 0.2) is 0 Å². The second-order valence-corrected chi connectivity index (χ2v) is 8.94. The molecule has 0 aliphatic carbocycles. The molecule has 7 nitrogen and oxygen atoms in total. The Bertz CT molecular complexity index is 958. The summed E-state index contributed by atoms with van der Waals surface area (Å²) in [7, 11) is 0. The molecule has 1 spiro atoms. The quantitative estimate of drug-likeness (QED) is 0.754. The smallest absolute Gasteiger partial charge is 0.230 e. The van der Waals surface area contributed by atoms with Gasteiger partial charge in [-0.1, -0.05) is 30.4 Å². The van der Waals surface area contributed by atoms with Gasteiger partial charge in [-0.25, -0.2) is 0 Å². The molecule has 4 aliphatic rings. The van der Waals surface area contributed by atoms with Crippen LogP contribution >= 0.6 is 0 Å². The van der Waals surface area contributed by atoms with Gasteiger partial charge in [0.2, 0.25) is 17.7 Å². The molecule has 0 aromatic heterocycles. The Morgan fingerprint density at radius 3 is 2.87 bits per heavy atom. The number of carbonyl (C=O) groups is 3. The molecule has 1 aromatic rings. The van der Waals surface area contributed by atoms with Crippen molar-refractivity contribution in [3.05, 3.63) is 47.0 Å². The van der Waals surface area contributed by atoms with Crippen LogP contribution in [0.25, 0.3) is 0 Å². The van der Waals surface area contributed by atoms with Crippen molar-refractivity contribution in [1.29, 1.82) is 0 Å². The normalized spacial score (nSPS) is 32.4. The van der Waals surface area contributed by atoms with E-state index in [1.807, 2.05) is 17.1 Å². The highest BCUT2D eigenvalue weighted by Gasteiger charge is 2.67. The van der Waals surface area contributed by atoms with Crippen LogP contribution < -0.4 is 5.32 Å². The number of amides is 3. The molecule has 4 atom stereocenters. The van der Waals surface area contributed by atoms with Crippen molar-refractivity contribution in [3.8, 4) is 0 Å². The highest BCUT2D eigenvalue weighted by molar-refractivity contribution is 5.93. The second kappa shape index (κ2) is 6.94. The SMILES string of the molecule is Cc1ccc(CN2C[C@]34C=C[C@H](O3)[C@@H](C(=O)N3CCNC(=O)CC3)[C@@H]4C2=O)cc1C. The molecule has 2 bridgehead atoms. The monoisotopic (exact) mass is 409 g/mol. The van der Waals surface area contributed by atoms with Crippen LogP contribution in [0.4, 0.5) is 0 Å². The number of carbonyl (C=O) groups excluding carboxylic acids is 3. The van der Waals surface area contributed by atoms with Crippen molar-refractivity contribution in [3.63, 3.8) is 0 Å². The molecule has 3 fully saturated rings. The van der Waals surface area contributed by atoms with Crippen molar-refractivity contribution < 1.29 is 19.1 Å². The predicted molar refractivity (Wildman–Crippen MR) is 109 cm³/mol. The Morgan fingerprint density at radius 1 is 1.23 bits per heavy atom. The van der Waals surface area contributed by atoms with Crippen LogP contribution in [0.15, 0.2) is 30.4 Å². The minimum absolute atomic E-state index is 0.0116. The van der Waals surface area contributed by atoms with Gasteiger partial charge in [0, 0.05) is 32.6 Å². The van der Waals surface area contributed by atoms with E-state index in [-0.39, 0.29) is 23.8 Å². The highest BCUT2D eigenvalue weighted by Crippen LogP contribution is 2.52. The fourth-order valence-electron chi connectivity index (χ4n) is 5.31. The number of hydrogen-bond donors (Lipinski definition) is 1. The second-order valence-electron chi connectivity index (χ2n) is 8.94. The zero-order chi connectivity index (χ0) is 21.0. The number of likely N-dealkylation sites (tertiary alicyclic amines) is 1. The van der Waals surface area contributed by atoms with Crippen molar-refractivity contribution in [1.82, 2.24) is 15.1 Å². The third-order valence-electron chi connectivity index (χ3n) is 7.03. The highest BCUT2D eigenvalue weighted by atomic mass is 16.5. The molecule has 4 aliphatic heterocycles. The average molecular weight is 409 g/mol. The number of ether oxygens (including phenoxy) is 1. The zero-order valence-electron chi connectivity index (χ0n) is 17.4. The molecule has 1 N–H and O–H groups in total. The lowest BCUT2D eigenvalue weighted by molar-refractivity contribution is -0.143. The zero-order valence-corrected chi connectivity index (χ0v) is 17.4.